The Kier molecular flexibility index (Phi) is 3.49. The molecule has 0 saturated carbocycles. The second-order valence-electron chi connectivity index (χ2n) is 3.06. The van der Waals surface area contributed by atoms with E-state index in [2.05, 4.69) is 9.78 Å². The Hall–Kier alpha value is -0.360. The quantitative estimate of drug-likeness (QED) is 0.401. The third-order valence-corrected chi connectivity index (χ3v) is 1.51. The number of rotatable bonds is 3. The van der Waals surface area contributed by atoms with Crippen molar-refractivity contribution in [3.63, 3.8) is 0 Å². The molecule has 1 aliphatic rings. The van der Waals surface area contributed by atoms with Gasteiger partial charge in [-0.25, -0.2) is 4.79 Å². The van der Waals surface area contributed by atoms with Crippen LogP contribution in [0.3, 0.4) is 0 Å². The number of carbonyl (C=O) groups is 1. The smallest absolute Gasteiger partial charge is 0.348 e. The molecule has 1 rings (SSSR count). The third kappa shape index (κ3) is 3.91. The van der Waals surface area contributed by atoms with Crippen molar-refractivity contribution in [2.24, 2.45) is 0 Å². The molecule has 0 amide bonds. The van der Waals surface area contributed by atoms with Crippen molar-refractivity contribution in [3.8, 4) is 0 Å². The normalized spacial score (nSPS) is 25.9. The van der Waals surface area contributed by atoms with Gasteiger partial charge in [-0.2, -0.15) is 4.89 Å². The molecule has 5 nitrogen and oxygen atoms in total. The van der Waals surface area contributed by atoms with Crippen LogP contribution in [-0.2, 0) is 19.2 Å². The van der Waals surface area contributed by atoms with Gasteiger partial charge in [-0.05, 0) is 13.8 Å². The van der Waals surface area contributed by atoms with Crippen LogP contribution in [0.5, 0.6) is 0 Å². The summed E-state index contributed by atoms with van der Waals surface area (Å²) in [7, 11) is 0. The maximum absolute atomic E-state index is 10.1. The van der Waals surface area contributed by atoms with Crippen LogP contribution in [0.25, 0.3) is 0 Å². The molecule has 0 aromatic carbocycles. The molecular formula is C7H11ClO5. The van der Waals surface area contributed by atoms with Gasteiger partial charge in [0.2, 0.25) is 0 Å². The van der Waals surface area contributed by atoms with Gasteiger partial charge in [-0.15, -0.1) is 0 Å². The highest BCUT2D eigenvalue weighted by molar-refractivity contribution is 6.61. The summed E-state index contributed by atoms with van der Waals surface area (Å²) in [6, 6.07) is 0. The average Bonchev–Trinajstić information content (AvgIpc) is 2.29. The van der Waals surface area contributed by atoms with E-state index in [1.165, 1.54) is 0 Å². The molecule has 0 aromatic rings. The van der Waals surface area contributed by atoms with Crippen molar-refractivity contribution < 1.29 is 24.0 Å². The van der Waals surface area contributed by atoms with Crippen molar-refractivity contribution >= 4 is 17.0 Å². The maximum atomic E-state index is 10.1. The van der Waals surface area contributed by atoms with Crippen molar-refractivity contribution in [3.05, 3.63) is 0 Å². The Morgan fingerprint density at radius 1 is 1.69 bits per heavy atom. The zero-order chi connectivity index (χ0) is 9.90. The fourth-order valence-corrected chi connectivity index (χ4v) is 1.05. The summed E-state index contributed by atoms with van der Waals surface area (Å²) in [4.78, 5) is 18.6. The maximum Gasteiger partial charge on any atom is 0.435 e. The summed E-state index contributed by atoms with van der Waals surface area (Å²) in [6.07, 6.45) is -0.231. The lowest BCUT2D eigenvalue weighted by molar-refractivity contribution is -0.251. The van der Waals surface area contributed by atoms with E-state index in [9.17, 15) is 4.79 Å². The molecule has 6 heteroatoms. The third-order valence-electron chi connectivity index (χ3n) is 1.45. The van der Waals surface area contributed by atoms with Gasteiger partial charge in [-0.1, -0.05) is 0 Å². The van der Waals surface area contributed by atoms with Crippen LogP contribution in [-0.4, -0.2) is 30.5 Å². The molecule has 1 atom stereocenters. The lowest BCUT2D eigenvalue weighted by atomic mass is 10.4. The van der Waals surface area contributed by atoms with E-state index in [0.717, 1.165) is 0 Å². The van der Waals surface area contributed by atoms with Crippen LogP contribution < -0.4 is 0 Å². The number of hydrogen-bond acceptors (Lipinski definition) is 5. The lowest BCUT2D eigenvalue weighted by Gasteiger charge is -2.16. The standard InChI is InChI=1S/C7H11ClO5/c1-7(2)10-3-5(12-7)4-11-13-6(8)9/h5H,3-4H2,1-2H3. The van der Waals surface area contributed by atoms with E-state index in [0.29, 0.717) is 6.61 Å². The molecule has 1 heterocycles. The number of ether oxygens (including phenoxy) is 2. The van der Waals surface area contributed by atoms with Crippen LogP contribution in [0.2, 0.25) is 0 Å². The second-order valence-corrected chi connectivity index (χ2v) is 3.36. The number of hydrogen-bond donors (Lipinski definition) is 0. The predicted octanol–water partition coefficient (Wildman–Crippen LogP) is 1.44. The summed E-state index contributed by atoms with van der Waals surface area (Å²) in [6.45, 7) is 4.11. The zero-order valence-electron chi connectivity index (χ0n) is 7.41. The molecule has 13 heavy (non-hydrogen) atoms. The molecule has 1 aliphatic heterocycles. The first-order valence-corrected chi connectivity index (χ1v) is 4.18. The summed E-state index contributed by atoms with van der Waals surface area (Å²) in [5, 5.41) is 0. The van der Waals surface area contributed by atoms with Crippen molar-refractivity contribution in [1.82, 2.24) is 0 Å². The molecule has 0 bridgehead atoms. The Morgan fingerprint density at radius 2 is 2.38 bits per heavy atom. The first-order chi connectivity index (χ1) is 5.99. The van der Waals surface area contributed by atoms with Crippen molar-refractivity contribution in [2.75, 3.05) is 13.2 Å². The van der Waals surface area contributed by atoms with Crippen LogP contribution in [0, 0.1) is 0 Å². The minimum absolute atomic E-state index is 0.113. The van der Waals surface area contributed by atoms with Crippen molar-refractivity contribution in [1.29, 1.82) is 0 Å². The van der Waals surface area contributed by atoms with Crippen LogP contribution in [0.4, 0.5) is 4.79 Å². The van der Waals surface area contributed by atoms with Crippen LogP contribution >= 0.6 is 11.6 Å². The summed E-state index contributed by atoms with van der Waals surface area (Å²) in [5.41, 5.74) is -1.00. The topological polar surface area (TPSA) is 54.0 Å². The fourth-order valence-electron chi connectivity index (χ4n) is 1.00. The zero-order valence-corrected chi connectivity index (χ0v) is 8.17. The SMILES string of the molecule is CC1(C)OCC(COOC(=O)Cl)O1. The van der Waals surface area contributed by atoms with Gasteiger partial charge in [0.15, 0.2) is 5.79 Å². The molecule has 76 valence electrons. The van der Waals surface area contributed by atoms with Crippen LogP contribution in [0.1, 0.15) is 13.8 Å². The fraction of sp³-hybridized carbons (Fsp3) is 0.857. The average molecular weight is 211 g/mol. The highest BCUT2D eigenvalue weighted by Gasteiger charge is 2.33. The van der Waals surface area contributed by atoms with Gasteiger partial charge in [0.05, 0.1) is 6.61 Å². The molecule has 1 unspecified atom stereocenters. The van der Waals surface area contributed by atoms with Gasteiger partial charge in [-0.3, -0.25) is 4.89 Å². The van der Waals surface area contributed by atoms with Gasteiger partial charge in [0.25, 0.3) is 0 Å². The van der Waals surface area contributed by atoms with Gasteiger partial charge < -0.3 is 9.47 Å². The molecule has 0 aromatic heterocycles. The first-order valence-electron chi connectivity index (χ1n) is 3.80. The van der Waals surface area contributed by atoms with E-state index in [1.807, 2.05) is 0 Å². The summed E-state index contributed by atoms with van der Waals surface area (Å²) >= 11 is 4.86. The summed E-state index contributed by atoms with van der Waals surface area (Å²) < 4.78 is 10.6. The molecule has 0 radical (unpaired) electrons. The van der Waals surface area contributed by atoms with E-state index in [1.54, 1.807) is 13.8 Å². The monoisotopic (exact) mass is 210 g/mol. The number of carbonyl (C=O) groups excluding carboxylic acids is 1. The second kappa shape index (κ2) is 4.23. The Bertz CT molecular complexity index is 193. The molecule has 1 saturated heterocycles. The largest absolute Gasteiger partial charge is 0.435 e. The minimum Gasteiger partial charge on any atom is -0.348 e. The molecule has 1 fully saturated rings. The van der Waals surface area contributed by atoms with E-state index in [-0.39, 0.29) is 12.7 Å². The minimum atomic E-state index is -1.00. The van der Waals surface area contributed by atoms with Gasteiger partial charge in [0.1, 0.15) is 12.7 Å². The van der Waals surface area contributed by atoms with E-state index >= 15 is 0 Å². The molecular weight excluding hydrogens is 200 g/mol. The van der Waals surface area contributed by atoms with Gasteiger partial charge >= 0.3 is 5.43 Å². The lowest BCUT2D eigenvalue weighted by Crippen LogP contribution is -2.24. The molecule has 0 N–H and O–H groups in total. The molecule has 0 spiro atoms. The molecule has 0 aliphatic carbocycles. The number of halogens is 1. The van der Waals surface area contributed by atoms with Crippen molar-refractivity contribution in [2.45, 2.75) is 25.7 Å². The van der Waals surface area contributed by atoms with Gasteiger partial charge in [0, 0.05) is 11.6 Å². The first kappa shape index (κ1) is 10.7. The Morgan fingerprint density at radius 3 is 2.85 bits per heavy atom. The summed E-state index contributed by atoms with van der Waals surface area (Å²) in [5.74, 6) is -0.598. The van der Waals surface area contributed by atoms with E-state index in [4.69, 9.17) is 21.1 Å². The highest BCUT2D eigenvalue weighted by atomic mass is 35.5. The Balaban J connectivity index is 2.14. The highest BCUT2D eigenvalue weighted by Crippen LogP contribution is 2.22. The Labute approximate surface area is 80.8 Å². The van der Waals surface area contributed by atoms with E-state index < -0.39 is 11.2 Å². The van der Waals surface area contributed by atoms with Crippen LogP contribution in [0.15, 0.2) is 0 Å². The predicted molar refractivity (Wildman–Crippen MR) is 43.2 cm³/mol.